The van der Waals surface area contributed by atoms with E-state index in [-0.39, 0.29) is 5.97 Å². The molecule has 0 saturated heterocycles. The summed E-state index contributed by atoms with van der Waals surface area (Å²) in [6.45, 7) is 2.44. The summed E-state index contributed by atoms with van der Waals surface area (Å²) in [5, 5.41) is 7.35. The van der Waals surface area contributed by atoms with Gasteiger partial charge in [0.15, 0.2) is 0 Å². The molecule has 0 aliphatic heterocycles. The van der Waals surface area contributed by atoms with Crippen LogP contribution in [-0.2, 0) is 16.1 Å². The van der Waals surface area contributed by atoms with Crippen LogP contribution in [0.3, 0.4) is 0 Å². The number of ether oxygens (including phenoxy) is 1. The third kappa shape index (κ3) is 3.58. The molecule has 1 aromatic heterocycles. The first-order chi connectivity index (χ1) is 9.19. The Bertz CT molecular complexity index is 537. The normalized spacial score (nSPS) is 11.9. The Balaban J connectivity index is 1.98. The molecule has 1 atom stereocenters. The van der Waals surface area contributed by atoms with Crippen LogP contribution in [0, 0.1) is 0 Å². The van der Waals surface area contributed by atoms with Gasteiger partial charge in [-0.3, -0.25) is 4.68 Å². The van der Waals surface area contributed by atoms with Crippen LogP contribution >= 0.6 is 0 Å². The van der Waals surface area contributed by atoms with E-state index in [1.165, 1.54) is 12.7 Å². The van der Waals surface area contributed by atoms with E-state index in [9.17, 15) is 4.79 Å². The van der Waals surface area contributed by atoms with Gasteiger partial charge in [0, 0.05) is 12.3 Å². The van der Waals surface area contributed by atoms with Crippen LogP contribution in [0.4, 0.5) is 5.82 Å². The van der Waals surface area contributed by atoms with Crippen molar-refractivity contribution >= 4 is 11.8 Å². The van der Waals surface area contributed by atoms with E-state index in [0.29, 0.717) is 12.4 Å². The molecular weight excluding hydrogens is 242 g/mol. The fraction of sp³-hybridized carbons (Fsp3) is 0.286. The van der Waals surface area contributed by atoms with Crippen molar-refractivity contribution in [2.75, 3.05) is 12.4 Å². The SMILES string of the molecule is COC(=O)[C@@H](C)Nc1ccn(Cc2ccccc2)n1. The summed E-state index contributed by atoms with van der Waals surface area (Å²) in [5.74, 6) is 0.353. The van der Waals surface area contributed by atoms with Crippen LogP contribution in [-0.4, -0.2) is 28.9 Å². The number of nitrogens with one attached hydrogen (secondary N) is 1. The average molecular weight is 259 g/mol. The zero-order valence-corrected chi connectivity index (χ0v) is 11.0. The lowest BCUT2D eigenvalue weighted by atomic mass is 10.2. The highest BCUT2D eigenvalue weighted by molar-refractivity contribution is 5.78. The molecule has 0 radical (unpaired) electrons. The summed E-state index contributed by atoms with van der Waals surface area (Å²) in [7, 11) is 1.37. The molecule has 5 heteroatoms. The van der Waals surface area contributed by atoms with Gasteiger partial charge in [0.1, 0.15) is 11.9 Å². The van der Waals surface area contributed by atoms with Crippen LogP contribution in [0.1, 0.15) is 12.5 Å². The van der Waals surface area contributed by atoms with Crippen molar-refractivity contribution < 1.29 is 9.53 Å². The molecular formula is C14H17N3O2. The maximum Gasteiger partial charge on any atom is 0.328 e. The molecule has 100 valence electrons. The van der Waals surface area contributed by atoms with Crippen molar-refractivity contribution in [1.82, 2.24) is 9.78 Å². The molecule has 0 aliphatic carbocycles. The molecule has 5 nitrogen and oxygen atoms in total. The van der Waals surface area contributed by atoms with Gasteiger partial charge in [0.2, 0.25) is 0 Å². The molecule has 19 heavy (non-hydrogen) atoms. The van der Waals surface area contributed by atoms with Gasteiger partial charge in [-0.05, 0) is 12.5 Å². The quantitative estimate of drug-likeness (QED) is 0.833. The molecule has 0 saturated carbocycles. The molecule has 0 bridgehead atoms. The molecule has 0 spiro atoms. The predicted octanol–water partition coefficient (Wildman–Crippen LogP) is 1.90. The van der Waals surface area contributed by atoms with Crippen LogP contribution in [0.15, 0.2) is 42.6 Å². The van der Waals surface area contributed by atoms with Gasteiger partial charge < -0.3 is 10.1 Å². The number of carbonyl (C=O) groups excluding carboxylic acids is 1. The molecule has 0 amide bonds. The summed E-state index contributed by atoms with van der Waals surface area (Å²) < 4.78 is 6.47. The summed E-state index contributed by atoms with van der Waals surface area (Å²) in [6, 6.07) is 11.5. The molecule has 0 aliphatic rings. The van der Waals surface area contributed by atoms with Gasteiger partial charge in [-0.1, -0.05) is 30.3 Å². The number of rotatable bonds is 5. The Kier molecular flexibility index (Phi) is 4.18. The first kappa shape index (κ1) is 13.1. The molecule has 2 rings (SSSR count). The fourth-order valence-corrected chi connectivity index (χ4v) is 1.75. The highest BCUT2D eigenvalue weighted by atomic mass is 16.5. The Hall–Kier alpha value is -2.30. The number of carbonyl (C=O) groups is 1. The minimum Gasteiger partial charge on any atom is -0.467 e. The first-order valence-corrected chi connectivity index (χ1v) is 6.11. The molecule has 1 aromatic carbocycles. The maximum absolute atomic E-state index is 11.3. The van der Waals surface area contributed by atoms with Gasteiger partial charge in [0.25, 0.3) is 0 Å². The van der Waals surface area contributed by atoms with Crippen LogP contribution < -0.4 is 5.32 Å². The van der Waals surface area contributed by atoms with E-state index in [0.717, 1.165) is 0 Å². The Morgan fingerprint density at radius 1 is 1.37 bits per heavy atom. The fourth-order valence-electron chi connectivity index (χ4n) is 1.75. The smallest absolute Gasteiger partial charge is 0.328 e. The van der Waals surface area contributed by atoms with E-state index in [1.54, 1.807) is 6.92 Å². The average Bonchev–Trinajstić information content (AvgIpc) is 2.86. The van der Waals surface area contributed by atoms with Crippen molar-refractivity contribution in [3.05, 3.63) is 48.2 Å². The molecule has 1 N–H and O–H groups in total. The maximum atomic E-state index is 11.3. The third-order valence-corrected chi connectivity index (χ3v) is 2.75. The summed E-state index contributed by atoms with van der Waals surface area (Å²) in [4.78, 5) is 11.3. The highest BCUT2D eigenvalue weighted by Crippen LogP contribution is 2.08. The van der Waals surface area contributed by atoms with E-state index in [1.807, 2.05) is 47.3 Å². The monoisotopic (exact) mass is 259 g/mol. The Morgan fingerprint density at radius 3 is 2.79 bits per heavy atom. The van der Waals surface area contributed by atoms with Gasteiger partial charge in [-0.15, -0.1) is 0 Å². The predicted molar refractivity (Wildman–Crippen MR) is 72.9 cm³/mol. The van der Waals surface area contributed by atoms with Gasteiger partial charge in [-0.25, -0.2) is 4.79 Å². The largest absolute Gasteiger partial charge is 0.467 e. The number of methoxy groups -OCH3 is 1. The second-order valence-electron chi connectivity index (χ2n) is 4.27. The van der Waals surface area contributed by atoms with Crippen molar-refractivity contribution in [2.24, 2.45) is 0 Å². The molecule has 0 fully saturated rings. The lowest BCUT2D eigenvalue weighted by Gasteiger charge is -2.10. The van der Waals surface area contributed by atoms with E-state index < -0.39 is 6.04 Å². The summed E-state index contributed by atoms with van der Waals surface area (Å²) in [6.07, 6.45) is 1.87. The van der Waals surface area contributed by atoms with Crippen molar-refractivity contribution in [3.8, 4) is 0 Å². The number of anilines is 1. The molecule has 0 unspecified atom stereocenters. The number of nitrogens with zero attached hydrogens (tertiary/aromatic N) is 2. The van der Waals surface area contributed by atoms with Crippen LogP contribution in [0.5, 0.6) is 0 Å². The van der Waals surface area contributed by atoms with E-state index in [2.05, 4.69) is 15.2 Å². The number of hydrogen-bond acceptors (Lipinski definition) is 4. The Morgan fingerprint density at radius 2 is 2.11 bits per heavy atom. The second-order valence-corrected chi connectivity index (χ2v) is 4.27. The van der Waals surface area contributed by atoms with Crippen LogP contribution in [0.25, 0.3) is 0 Å². The highest BCUT2D eigenvalue weighted by Gasteiger charge is 2.13. The summed E-state index contributed by atoms with van der Waals surface area (Å²) in [5.41, 5.74) is 1.18. The van der Waals surface area contributed by atoms with Gasteiger partial charge in [-0.2, -0.15) is 5.10 Å². The third-order valence-electron chi connectivity index (χ3n) is 2.75. The first-order valence-electron chi connectivity index (χ1n) is 6.11. The number of aromatic nitrogens is 2. The molecule has 2 aromatic rings. The van der Waals surface area contributed by atoms with Gasteiger partial charge in [0.05, 0.1) is 13.7 Å². The van der Waals surface area contributed by atoms with Gasteiger partial charge >= 0.3 is 5.97 Å². The zero-order valence-electron chi connectivity index (χ0n) is 11.0. The standard InChI is InChI=1S/C14H17N3O2/c1-11(14(18)19-2)15-13-8-9-17(16-13)10-12-6-4-3-5-7-12/h3-9,11H,10H2,1-2H3,(H,15,16)/t11-/m1/s1. The van der Waals surface area contributed by atoms with Crippen molar-refractivity contribution in [1.29, 1.82) is 0 Å². The van der Waals surface area contributed by atoms with E-state index >= 15 is 0 Å². The number of hydrogen-bond donors (Lipinski definition) is 1. The Labute approximate surface area is 112 Å². The lowest BCUT2D eigenvalue weighted by molar-refractivity contribution is -0.141. The number of esters is 1. The van der Waals surface area contributed by atoms with Crippen molar-refractivity contribution in [2.45, 2.75) is 19.5 Å². The second kappa shape index (κ2) is 6.04. The summed E-state index contributed by atoms with van der Waals surface area (Å²) >= 11 is 0. The number of benzene rings is 1. The van der Waals surface area contributed by atoms with Crippen LogP contribution in [0.2, 0.25) is 0 Å². The zero-order chi connectivity index (χ0) is 13.7. The van der Waals surface area contributed by atoms with E-state index in [4.69, 9.17) is 0 Å². The topological polar surface area (TPSA) is 56.1 Å². The van der Waals surface area contributed by atoms with Crippen molar-refractivity contribution in [3.63, 3.8) is 0 Å². The minimum atomic E-state index is -0.412. The minimum absolute atomic E-state index is 0.308. The molecule has 1 heterocycles. The lowest BCUT2D eigenvalue weighted by Crippen LogP contribution is -2.27.